The van der Waals surface area contributed by atoms with Crippen LogP contribution in [0, 0.1) is 0 Å². The van der Waals surface area contributed by atoms with Gasteiger partial charge in [-0.2, -0.15) is 0 Å². The molecule has 0 bridgehead atoms. The van der Waals surface area contributed by atoms with Crippen molar-refractivity contribution < 1.29 is 14.3 Å². The Kier molecular flexibility index (Phi) is 7.62. The van der Waals surface area contributed by atoms with Crippen molar-refractivity contribution >= 4 is 17.5 Å². The molecule has 2 amide bonds. The lowest BCUT2D eigenvalue weighted by Gasteiger charge is -2.38. The van der Waals surface area contributed by atoms with Crippen LogP contribution in [0.4, 0.5) is 5.69 Å². The van der Waals surface area contributed by atoms with Gasteiger partial charge in [-0.3, -0.25) is 9.59 Å². The van der Waals surface area contributed by atoms with E-state index < -0.39 is 0 Å². The summed E-state index contributed by atoms with van der Waals surface area (Å²) < 4.78 is 5.83. The van der Waals surface area contributed by atoms with Crippen LogP contribution in [0.3, 0.4) is 0 Å². The van der Waals surface area contributed by atoms with Crippen molar-refractivity contribution in [3.63, 3.8) is 0 Å². The van der Waals surface area contributed by atoms with Gasteiger partial charge in [-0.05, 0) is 67.6 Å². The van der Waals surface area contributed by atoms with Crippen molar-refractivity contribution in [1.82, 2.24) is 9.80 Å². The van der Waals surface area contributed by atoms with E-state index in [2.05, 4.69) is 10.2 Å². The number of hydrogen-bond acceptors (Lipinski definition) is 4. The van der Waals surface area contributed by atoms with Gasteiger partial charge >= 0.3 is 0 Å². The molecular weight excluding hydrogens is 450 g/mol. The van der Waals surface area contributed by atoms with Crippen LogP contribution in [-0.2, 0) is 16.0 Å². The molecule has 6 nitrogen and oxygen atoms in total. The monoisotopic (exact) mass is 483 g/mol. The highest BCUT2D eigenvalue weighted by Gasteiger charge is 2.35. The molecule has 1 heterocycles. The maximum atomic E-state index is 13.4. The maximum Gasteiger partial charge on any atom is 0.244 e. The van der Waals surface area contributed by atoms with Gasteiger partial charge < -0.3 is 19.9 Å². The fraction of sp³-hybridized carbons (Fsp3) is 0.333. The van der Waals surface area contributed by atoms with E-state index in [1.165, 1.54) is 12.8 Å². The molecule has 0 aromatic heterocycles. The minimum Gasteiger partial charge on any atom is -0.457 e. The second-order valence-corrected chi connectivity index (χ2v) is 9.67. The lowest BCUT2D eigenvalue weighted by molar-refractivity contribution is -0.137. The number of carbonyl (C=O) groups is 2. The van der Waals surface area contributed by atoms with E-state index in [1.807, 2.05) is 84.9 Å². The highest BCUT2D eigenvalue weighted by molar-refractivity contribution is 5.95. The van der Waals surface area contributed by atoms with E-state index in [0.29, 0.717) is 17.9 Å². The molecule has 1 N–H and O–H groups in total. The van der Waals surface area contributed by atoms with E-state index in [4.69, 9.17) is 4.74 Å². The van der Waals surface area contributed by atoms with Gasteiger partial charge in [0.15, 0.2) is 0 Å². The number of nitrogens with zero attached hydrogens (tertiary/aromatic N) is 2. The van der Waals surface area contributed by atoms with Crippen molar-refractivity contribution in [1.29, 1.82) is 0 Å². The van der Waals surface area contributed by atoms with E-state index >= 15 is 0 Å². The number of ether oxygens (including phenoxy) is 1. The second kappa shape index (κ2) is 11.4. The normalized spacial score (nSPS) is 16.3. The summed E-state index contributed by atoms with van der Waals surface area (Å²) in [6, 6.07) is 27.4. The molecule has 186 valence electrons. The third-order valence-corrected chi connectivity index (χ3v) is 6.95. The molecule has 2 aliphatic rings. The van der Waals surface area contributed by atoms with Crippen molar-refractivity contribution in [2.75, 3.05) is 25.0 Å². The van der Waals surface area contributed by atoms with Crippen LogP contribution in [0.5, 0.6) is 11.5 Å². The first-order valence-corrected chi connectivity index (χ1v) is 12.8. The Morgan fingerprint density at radius 1 is 0.806 bits per heavy atom. The van der Waals surface area contributed by atoms with Gasteiger partial charge in [0.1, 0.15) is 18.0 Å². The molecule has 3 aromatic carbocycles. The summed E-state index contributed by atoms with van der Waals surface area (Å²) >= 11 is 0. The first-order valence-electron chi connectivity index (χ1n) is 12.8. The molecule has 2 fully saturated rings. The zero-order valence-electron chi connectivity index (χ0n) is 20.5. The van der Waals surface area contributed by atoms with Crippen LogP contribution in [0.2, 0.25) is 0 Å². The van der Waals surface area contributed by atoms with Crippen LogP contribution in [-0.4, -0.2) is 53.3 Å². The fourth-order valence-electron chi connectivity index (χ4n) is 4.88. The predicted molar refractivity (Wildman–Crippen MR) is 141 cm³/mol. The number of likely N-dealkylation sites (tertiary alicyclic amines) is 1. The largest absolute Gasteiger partial charge is 0.457 e. The third kappa shape index (κ3) is 6.52. The first kappa shape index (κ1) is 24.1. The van der Waals surface area contributed by atoms with Crippen molar-refractivity contribution in [3.8, 4) is 11.5 Å². The van der Waals surface area contributed by atoms with E-state index in [0.717, 1.165) is 43.3 Å². The average Bonchev–Trinajstić information content (AvgIpc) is 3.76. The number of amides is 2. The zero-order valence-corrected chi connectivity index (χ0v) is 20.5. The minimum atomic E-state index is -0.183. The van der Waals surface area contributed by atoms with Crippen LogP contribution >= 0.6 is 0 Å². The summed E-state index contributed by atoms with van der Waals surface area (Å²) in [5, 5.41) is 2.96. The Bertz CT molecular complexity index is 1140. The molecule has 0 radical (unpaired) electrons. The Morgan fingerprint density at radius 2 is 1.42 bits per heavy atom. The number of nitrogens with one attached hydrogen (secondary N) is 1. The number of rotatable bonds is 9. The van der Waals surface area contributed by atoms with E-state index in [1.54, 1.807) is 4.90 Å². The van der Waals surface area contributed by atoms with Crippen molar-refractivity contribution in [2.45, 2.75) is 44.2 Å². The molecular formula is C30H33N3O3. The molecule has 6 heteroatoms. The van der Waals surface area contributed by atoms with Crippen LogP contribution in [0.1, 0.15) is 31.2 Å². The summed E-state index contributed by atoms with van der Waals surface area (Å²) in [6.07, 6.45) is 4.71. The smallest absolute Gasteiger partial charge is 0.244 e. The highest BCUT2D eigenvalue weighted by atomic mass is 16.5. The second-order valence-electron chi connectivity index (χ2n) is 9.67. The molecule has 1 saturated carbocycles. The average molecular weight is 484 g/mol. The van der Waals surface area contributed by atoms with Gasteiger partial charge in [-0.15, -0.1) is 0 Å². The van der Waals surface area contributed by atoms with Crippen LogP contribution in [0.25, 0.3) is 0 Å². The molecule has 1 saturated heterocycles. The van der Waals surface area contributed by atoms with Gasteiger partial charge in [-0.25, -0.2) is 0 Å². The molecule has 1 aliphatic carbocycles. The predicted octanol–water partition coefficient (Wildman–Crippen LogP) is 5.12. The minimum absolute atomic E-state index is 0.00725. The molecule has 1 aliphatic heterocycles. The van der Waals surface area contributed by atoms with Crippen LogP contribution in [0.15, 0.2) is 84.9 Å². The van der Waals surface area contributed by atoms with Gasteiger partial charge in [0, 0.05) is 30.9 Å². The number of anilines is 1. The molecule has 3 aromatic rings. The molecule has 0 unspecified atom stereocenters. The number of carbonyl (C=O) groups excluding carboxylic acids is 2. The number of benzene rings is 3. The summed E-state index contributed by atoms with van der Waals surface area (Å²) in [5.41, 5.74) is 1.65. The Morgan fingerprint density at radius 3 is 2.06 bits per heavy atom. The summed E-state index contributed by atoms with van der Waals surface area (Å²) in [6.45, 7) is 2.05. The molecule has 5 rings (SSSR count). The lowest BCUT2D eigenvalue weighted by Crippen LogP contribution is -2.50. The maximum absolute atomic E-state index is 13.4. The molecule has 0 spiro atoms. The number of piperidine rings is 1. The fourth-order valence-corrected chi connectivity index (χ4v) is 4.88. The summed E-state index contributed by atoms with van der Waals surface area (Å²) in [4.78, 5) is 30.7. The van der Waals surface area contributed by atoms with Gasteiger partial charge in [0.25, 0.3) is 0 Å². The third-order valence-electron chi connectivity index (χ3n) is 6.95. The zero-order chi connectivity index (χ0) is 24.7. The highest BCUT2D eigenvalue weighted by Crippen LogP contribution is 2.30. The first-order chi connectivity index (χ1) is 17.6. The SMILES string of the molecule is O=C(CN(C(=O)Cc1ccccc1)C1CCN(C2CC2)CC1)Nc1ccc(Oc2ccccc2)cc1. The Labute approximate surface area is 212 Å². The van der Waals surface area contributed by atoms with Gasteiger partial charge in [0.05, 0.1) is 6.42 Å². The quantitative estimate of drug-likeness (QED) is 0.459. The summed E-state index contributed by atoms with van der Waals surface area (Å²) in [7, 11) is 0. The molecule has 36 heavy (non-hydrogen) atoms. The van der Waals surface area contributed by atoms with Crippen molar-refractivity contribution in [2.24, 2.45) is 0 Å². The summed E-state index contributed by atoms with van der Waals surface area (Å²) in [5.74, 6) is 1.28. The topological polar surface area (TPSA) is 61.9 Å². The van der Waals surface area contributed by atoms with E-state index in [9.17, 15) is 9.59 Å². The van der Waals surface area contributed by atoms with Crippen LogP contribution < -0.4 is 10.1 Å². The van der Waals surface area contributed by atoms with E-state index in [-0.39, 0.29) is 24.4 Å². The van der Waals surface area contributed by atoms with Gasteiger partial charge in [-0.1, -0.05) is 48.5 Å². The standard InChI is InChI=1S/C30H33N3O3/c34-29(31-24-11-15-28(16-12-24)36-27-9-5-2-6-10-27)22-33(30(35)21-23-7-3-1-4-8-23)26-17-19-32(20-18-26)25-13-14-25/h1-12,15-16,25-26H,13-14,17-22H2,(H,31,34). The van der Waals surface area contributed by atoms with Gasteiger partial charge in [0.2, 0.25) is 11.8 Å². The number of hydrogen-bond donors (Lipinski definition) is 1. The Balaban J connectivity index is 1.21. The molecule has 0 atom stereocenters. The lowest BCUT2D eigenvalue weighted by atomic mass is 10.0. The van der Waals surface area contributed by atoms with Crippen molar-refractivity contribution in [3.05, 3.63) is 90.5 Å². The Hall–Kier alpha value is -3.64. The number of para-hydroxylation sites is 1.